The van der Waals surface area contributed by atoms with Gasteiger partial charge in [0.1, 0.15) is 11.5 Å². The molecule has 0 heterocycles. The summed E-state index contributed by atoms with van der Waals surface area (Å²) in [6, 6.07) is 8.05. The number of ether oxygens (including phenoxy) is 1. The first-order valence-corrected chi connectivity index (χ1v) is 10.6. The number of aromatic hydroxyl groups is 1. The summed E-state index contributed by atoms with van der Waals surface area (Å²) < 4.78 is 9.01. The van der Waals surface area contributed by atoms with Gasteiger partial charge in [-0.2, -0.15) is 0 Å². The number of phenols is 1. The SMILES string of the molecule is CC(C)Oc1c(Br)cc(C(C)(C)c2cc(Br)c(O)c(Br)c2)cc1Br. The molecule has 1 N–H and O–H groups in total. The molecule has 0 aliphatic rings. The van der Waals surface area contributed by atoms with E-state index in [9.17, 15) is 5.11 Å². The number of benzene rings is 2. The van der Waals surface area contributed by atoms with E-state index in [2.05, 4.69) is 89.7 Å². The lowest BCUT2D eigenvalue weighted by molar-refractivity contribution is 0.239. The van der Waals surface area contributed by atoms with Gasteiger partial charge >= 0.3 is 0 Å². The average molecular weight is 586 g/mol. The fourth-order valence-corrected chi connectivity index (χ4v) is 4.92. The predicted octanol–water partition coefficient (Wildman–Crippen LogP) is 7.56. The molecule has 2 nitrogen and oxygen atoms in total. The maximum atomic E-state index is 9.95. The summed E-state index contributed by atoms with van der Waals surface area (Å²) in [5.41, 5.74) is 1.94. The van der Waals surface area contributed by atoms with Crippen molar-refractivity contribution in [2.24, 2.45) is 0 Å². The van der Waals surface area contributed by atoms with Gasteiger partial charge in [0.2, 0.25) is 0 Å². The van der Waals surface area contributed by atoms with E-state index in [4.69, 9.17) is 4.74 Å². The molecule has 2 rings (SSSR count). The van der Waals surface area contributed by atoms with E-state index < -0.39 is 0 Å². The number of halogens is 4. The van der Waals surface area contributed by atoms with E-state index >= 15 is 0 Å². The zero-order valence-corrected chi connectivity index (χ0v) is 20.1. The van der Waals surface area contributed by atoms with Crippen LogP contribution in [0.5, 0.6) is 11.5 Å². The Hall–Kier alpha value is -0.0400. The van der Waals surface area contributed by atoms with Crippen LogP contribution in [0.4, 0.5) is 0 Å². The van der Waals surface area contributed by atoms with E-state index in [1.54, 1.807) is 0 Å². The Morgan fingerprint density at radius 2 is 1.21 bits per heavy atom. The molecular weight excluding hydrogens is 568 g/mol. The zero-order valence-electron chi connectivity index (χ0n) is 13.8. The Balaban J connectivity index is 2.54. The Kier molecular flexibility index (Phi) is 6.49. The quantitative estimate of drug-likeness (QED) is 0.401. The first kappa shape index (κ1) is 20.3. The fourth-order valence-electron chi connectivity index (χ4n) is 2.36. The van der Waals surface area contributed by atoms with Crippen molar-refractivity contribution < 1.29 is 9.84 Å². The zero-order chi connectivity index (χ0) is 18.2. The highest BCUT2D eigenvalue weighted by atomic mass is 79.9. The summed E-state index contributed by atoms with van der Waals surface area (Å²) >= 11 is 14.1. The number of phenolic OH excluding ortho intramolecular Hbond substituents is 1. The van der Waals surface area contributed by atoms with Gasteiger partial charge in [-0.05, 0) is 113 Å². The van der Waals surface area contributed by atoms with Gasteiger partial charge in [-0.1, -0.05) is 13.8 Å². The summed E-state index contributed by atoms with van der Waals surface area (Å²) in [7, 11) is 0. The Labute approximate surface area is 176 Å². The first-order valence-electron chi connectivity index (χ1n) is 7.38. The second-order valence-electron chi connectivity index (χ2n) is 6.35. The van der Waals surface area contributed by atoms with Crippen LogP contribution in [0.3, 0.4) is 0 Å². The van der Waals surface area contributed by atoms with Crippen LogP contribution in [0.15, 0.2) is 42.2 Å². The van der Waals surface area contributed by atoms with Crippen molar-refractivity contribution in [3.8, 4) is 11.5 Å². The smallest absolute Gasteiger partial charge is 0.148 e. The minimum atomic E-state index is -0.264. The van der Waals surface area contributed by atoms with Crippen LogP contribution < -0.4 is 4.74 Å². The van der Waals surface area contributed by atoms with Crippen LogP contribution in [0.1, 0.15) is 38.8 Å². The standard InChI is InChI=1S/C18H18Br4O2/c1-9(2)24-17-14(21)7-11(8-15(17)22)18(3,4)10-5-12(19)16(23)13(20)6-10/h5-9,23H,1-4H3. The Morgan fingerprint density at radius 3 is 1.58 bits per heavy atom. The maximum Gasteiger partial charge on any atom is 0.148 e. The molecule has 0 aliphatic heterocycles. The third-order valence-corrected chi connectivity index (χ3v) is 6.20. The molecule has 0 aromatic heterocycles. The molecule has 0 spiro atoms. The Bertz CT molecular complexity index is 724. The summed E-state index contributed by atoms with van der Waals surface area (Å²) in [6.45, 7) is 8.30. The lowest BCUT2D eigenvalue weighted by atomic mass is 9.78. The molecule has 2 aromatic rings. The minimum Gasteiger partial charge on any atom is -0.506 e. The van der Waals surface area contributed by atoms with Crippen molar-refractivity contribution in [3.63, 3.8) is 0 Å². The normalized spacial score (nSPS) is 11.9. The van der Waals surface area contributed by atoms with Crippen LogP contribution in [-0.2, 0) is 5.41 Å². The second-order valence-corrected chi connectivity index (χ2v) is 9.77. The van der Waals surface area contributed by atoms with E-state index in [1.165, 1.54) is 0 Å². The highest BCUT2D eigenvalue weighted by molar-refractivity contribution is 9.11. The highest BCUT2D eigenvalue weighted by Gasteiger charge is 2.27. The third-order valence-electron chi connectivity index (χ3n) is 3.81. The summed E-state index contributed by atoms with van der Waals surface area (Å²) in [5, 5.41) is 9.95. The van der Waals surface area contributed by atoms with Crippen molar-refractivity contribution in [2.45, 2.75) is 39.2 Å². The molecular formula is C18H18Br4O2. The van der Waals surface area contributed by atoms with Crippen molar-refractivity contribution in [1.29, 1.82) is 0 Å². The van der Waals surface area contributed by atoms with Gasteiger partial charge in [-0.25, -0.2) is 0 Å². The number of hydrogen-bond acceptors (Lipinski definition) is 2. The van der Waals surface area contributed by atoms with Crippen molar-refractivity contribution in [1.82, 2.24) is 0 Å². The molecule has 0 aliphatic carbocycles. The van der Waals surface area contributed by atoms with Crippen LogP contribution in [0.2, 0.25) is 0 Å². The predicted molar refractivity (Wildman–Crippen MR) is 113 cm³/mol. The molecule has 2 aromatic carbocycles. The van der Waals surface area contributed by atoms with Crippen LogP contribution in [-0.4, -0.2) is 11.2 Å². The van der Waals surface area contributed by atoms with E-state index in [-0.39, 0.29) is 17.3 Å². The van der Waals surface area contributed by atoms with Gasteiger partial charge in [0.15, 0.2) is 0 Å². The van der Waals surface area contributed by atoms with Gasteiger partial charge in [0.05, 0.1) is 24.0 Å². The van der Waals surface area contributed by atoms with Gasteiger partial charge in [-0.15, -0.1) is 0 Å². The van der Waals surface area contributed by atoms with Crippen LogP contribution >= 0.6 is 63.7 Å². The van der Waals surface area contributed by atoms with E-state index in [1.807, 2.05) is 26.0 Å². The highest BCUT2D eigenvalue weighted by Crippen LogP contribution is 2.43. The minimum absolute atomic E-state index is 0.0977. The molecule has 130 valence electrons. The van der Waals surface area contributed by atoms with Gasteiger partial charge in [-0.3, -0.25) is 0 Å². The topological polar surface area (TPSA) is 29.5 Å². The molecule has 0 radical (unpaired) electrons. The first-order chi connectivity index (χ1) is 11.0. The molecule has 0 unspecified atom stereocenters. The van der Waals surface area contributed by atoms with E-state index in [0.29, 0.717) is 8.95 Å². The number of hydrogen-bond donors (Lipinski definition) is 1. The van der Waals surface area contributed by atoms with Crippen molar-refractivity contribution in [2.75, 3.05) is 0 Å². The molecule has 0 amide bonds. The Morgan fingerprint density at radius 1 is 0.833 bits per heavy atom. The van der Waals surface area contributed by atoms with Crippen molar-refractivity contribution >= 4 is 63.7 Å². The van der Waals surface area contributed by atoms with Crippen molar-refractivity contribution in [3.05, 3.63) is 53.3 Å². The molecule has 6 heteroatoms. The van der Waals surface area contributed by atoms with E-state index in [0.717, 1.165) is 25.8 Å². The maximum absolute atomic E-state index is 9.95. The molecule has 0 saturated heterocycles. The third kappa shape index (κ3) is 4.19. The summed E-state index contributed by atoms with van der Waals surface area (Å²) in [6.07, 6.45) is 0.0977. The van der Waals surface area contributed by atoms with Gasteiger partial charge in [0, 0.05) is 5.41 Å². The molecule has 24 heavy (non-hydrogen) atoms. The van der Waals surface area contributed by atoms with Gasteiger partial charge in [0.25, 0.3) is 0 Å². The van der Waals surface area contributed by atoms with Crippen LogP contribution in [0, 0.1) is 0 Å². The van der Waals surface area contributed by atoms with Crippen LogP contribution in [0.25, 0.3) is 0 Å². The summed E-state index contributed by atoms with van der Waals surface area (Å²) in [5.74, 6) is 1.01. The lowest BCUT2D eigenvalue weighted by Gasteiger charge is -2.28. The lowest BCUT2D eigenvalue weighted by Crippen LogP contribution is -2.19. The fraction of sp³-hybridized carbons (Fsp3) is 0.333. The summed E-state index contributed by atoms with van der Waals surface area (Å²) in [4.78, 5) is 0. The average Bonchev–Trinajstić information content (AvgIpc) is 2.47. The molecule has 0 bridgehead atoms. The molecule has 0 atom stereocenters. The molecule has 0 fully saturated rings. The largest absolute Gasteiger partial charge is 0.506 e. The molecule has 0 saturated carbocycles. The van der Waals surface area contributed by atoms with Gasteiger partial charge < -0.3 is 9.84 Å². The monoisotopic (exact) mass is 582 g/mol. The number of rotatable bonds is 4. The second kappa shape index (κ2) is 7.68.